The van der Waals surface area contributed by atoms with Gasteiger partial charge >= 0.3 is 0 Å². The first-order valence-corrected chi connectivity index (χ1v) is 9.44. The Kier molecular flexibility index (Phi) is 3.64. The Morgan fingerprint density at radius 2 is 2.39 bits per heavy atom. The standard InChI is InChI=1S/C17H22N4OS/c1-23-9-10-5-13-12-3-2-4-14-16(12)11(7-19-14)6-15(13)21(8-10)17(18)20-22/h2-4,7,10,13,15,19,22H,5-6,8-9H2,1H3,(H2,18,20)/t10-,13-,15-/m1/s1. The minimum absolute atomic E-state index is 0.247. The lowest BCUT2D eigenvalue weighted by atomic mass is 9.72. The maximum atomic E-state index is 9.21. The van der Waals surface area contributed by atoms with E-state index in [2.05, 4.69) is 45.7 Å². The number of aromatic nitrogens is 1. The molecule has 23 heavy (non-hydrogen) atoms. The topological polar surface area (TPSA) is 77.6 Å². The molecule has 1 aromatic carbocycles. The van der Waals surface area contributed by atoms with Gasteiger partial charge < -0.3 is 20.8 Å². The molecule has 4 rings (SSSR count). The van der Waals surface area contributed by atoms with E-state index in [4.69, 9.17) is 5.73 Å². The van der Waals surface area contributed by atoms with Crippen LogP contribution in [-0.2, 0) is 6.42 Å². The third-order valence-corrected chi connectivity index (χ3v) is 6.16. The highest BCUT2D eigenvalue weighted by molar-refractivity contribution is 7.98. The fourth-order valence-electron chi connectivity index (χ4n) is 4.47. The molecule has 0 bridgehead atoms. The quantitative estimate of drug-likeness (QED) is 0.342. The van der Waals surface area contributed by atoms with E-state index >= 15 is 0 Å². The number of fused-ring (bicyclic) bond motifs is 2. The van der Waals surface area contributed by atoms with Crippen molar-refractivity contribution >= 4 is 28.6 Å². The first kappa shape index (κ1) is 14.8. The van der Waals surface area contributed by atoms with Crippen molar-refractivity contribution in [1.29, 1.82) is 0 Å². The van der Waals surface area contributed by atoms with Gasteiger partial charge in [-0.2, -0.15) is 11.8 Å². The van der Waals surface area contributed by atoms with Crippen LogP contribution < -0.4 is 5.73 Å². The number of nitrogens with one attached hydrogen (secondary N) is 1. The van der Waals surface area contributed by atoms with Gasteiger partial charge in [0.15, 0.2) is 0 Å². The van der Waals surface area contributed by atoms with Gasteiger partial charge in [0.05, 0.1) is 0 Å². The number of guanidine groups is 1. The number of likely N-dealkylation sites (tertiary alicyclic amines) is 1. The zero-order valence-corrected chi connectivity index (χ0v) is 14.0. The smallest absolute Gasteiger partial charge is 0.233 e. The van der Waals surface area contributed by atoms with E-state index in [-0.39, 0.29) is 12.0 Å². The molecule has 1 fully saturated rings. The number of nitrogens with two attached hydrogens (primary N) is 1. The number of benzene rings is 1. The van der Waals surface area contributed by atoms with Crippen LogP contribution in [0.25, 0.3) is 10.9 Å². The van der Waals surface area contributed by atoms with Crippen LogP contribution in [0.4, 0.5) is 0 Å². The lowest BCUT2D eigenvalue weighted by Crippen LogP contribution is -2.55. The van der Waals surface area contributed by atoms with Crippen LogP contribution in [0.5, 0.6) is 0 Å². The van der Waals surface area contributed by atoms with Crippen LogP contribution in [-0.4, -0.2) is 45.6 Å². The van der Waals surface area contributed by atoms with Crippen LogP contribution in [0.1, 0.15) is 23.5 Å². The number of thioether (sulfide) groups is 1. The number of nitrogens with zero attached hydrogens (tertiary/aromatic N) is 2. The molecule has 2 heterocycles. The number of oxime groups is 1. The second kappa shape index (κ2) is 5.67. The molecule has 1 saturated heterocycles. The molecular weight excluding hydrogens is 308 g/mol. The zero-order valence-electron chi connectivity index (χ0n) is 13.2. The molecule has 1 aliphatic heterocycles. The third-order valence-electron chi connectivity index (χ3n) is 5.35. The fraction of sp³-hybridized carbons (Fsp3) is 0.471. The number of aromatic amines is 1. The summed E-state index contributed by atoms with van der Waals surface area (Å²) in [6.45, 7) is 0.869. The van der Waals surface area contributed by atoms with Gasteiger partial charge in [0, 0.05) is 35.6 Å². The van der Waals surface area contributed by atoms with Crippen molar-refractivity contribution in [3.05, 3.63) is 35.5 Å². The molecule has 122 valence electrons. The number of hydrogen-bond donors (Lipinski definition) is 3. The number of H-pyrrole nitrogens is 1. The molecule has 1 aliphatic carbocycles. The predicted octanol–water partition coefficient (Wildman–Crippen LogP) is 2.57. The second-order valence-electron chi connectivity index (χ2n) is 6.63. The summed E-state index contributed by atoms with van der Waals surface area (Å²) in [6, 6.07) is 6.80. The summed E-state index contributed by atoms with van der Waals surface area (Å²) in [5, 5.41) is 13.9. The first-order chi connectivity index (χ1) is 11.2. The number of rotatable bonds is 2. The molecule has 1 aromatic heterocycles. The van der Waals surface area contributed by atoms with Crippen molar-refractivity contribution in [2.45, 2.75) is 24.8 Å². The van der Waals surface area contributed by atoms with E-state index in [1.165, 1.54) is 28.5 Å². The summed E-state index contributed by atoms with van der Waals surface area (Å²) in [5.74, 6) is 2.35. The molecule has 0 spiro atoms. The van der Waals surface area contributed by atoms with Crippen LogP contribution in [0, 0.1) is 5.92 Å². The second-order valence-corrected chi connectivity index (χ2v) is 7.54. The highest BCUT2D eigenvalue weighted by atomic mass is 32.2. The van der Waals surface area contributed by atoms with Crippen molar-refractivity contribution in [3.8, 4) is 0 Å². The maximum Gasteiger partial charge on any atom is 0.233 e. The Bertz CT molecular complexity index is 756. The van der Waals surface area contributed by atoms with E-state index in [1.54, 1.807) is 0 Å². The first-order valence-electron chi connectivity index (χ1n) is 8.05. The molecule has 0 radical (unpaired) electrons. The normalized spacial score (nSPS) is 27.3. The molecule has 2 aromatic rings. The summed E-state index contributed by atoms with van der Waals surface area (Å²) in [7, 11) is 0. The Balaban J connectivity index is 1.80. The number of hydrogen-bond acceptors (Lipinski definition) is 3. The van der Waals surface area contributed by atoms with E-state index in [0.717, 1.165) is 18.7 Å². The molecule has 0 saturated carbocycles. The van der Waals surface area contributed by atoms with E-state index in [9.17, 15) is 5.21 Å². The highest BCUT2D eigenvalue weighted by Gasteiger charge is 2.41. The summed E-state index contributed by atoms with van der Waals surface area (Å²) in [4.78, 5) is 5.51. The van der Waals surface area contributed by atoms with Gasteiger partial charge in [-0.3, -0.25) is 0 Å². The van der Waals surface area contributed by atoms with Crippen molar-refractivity contribution < 1.29 is 5.21 Å². The Labute approximate surface area is 139 Å². The van der Waals surface area contributed by atoms with Gasteiger partial charge in [-0.05, 0) is 48.0 Å². The van der Waals surface area contributed by atoms with Gasteiger partial charge in [-0.25, -0.2) is 0 Å². The van der Waals surface area contributed by atoms with E-state index < -0.39 is 0 Å². The highest BCUT2D eigenvalue weighted by Crippen LogP contribution is 2.45. The van der Waals surface area contributed by atoms with Gasteiger partial charge in [0.25, 0.3) is 0 Å². The average Bonchev–Trinajstić information content (AvgIpc) is 2.99. The lowest BCUT2D eigenvalue weighted by Gasteiger charge is -2.47. The third kappa shape index (κ3) is 2.27. The Morgan fingerprint density at radius 3 is 3.17 bits per heavy atom. The Hall–Kier alpha value is -1.82. The molecular formula is C17H22N4OS. The van der Waals surface area contributed by atoms with Crippen molar-refractivity contribution in [2.75, 3.05) is 18.6 Å². The maximum absolute atomic E-state index is 9.21. The van der Waals surface area contributed by atoms with E-state index in [1.807, 2.05) is 11.8 Å². The molecule has 6 heteroatoms. The summed E-state index contributed by atoms with van der Waals surface area (Å²) < 4.78 is 0. The van der Waals surface area contributed by atoms with Crippen molar-refractivity contribution in [3.63, 3.8) is 0 Å². The van der Waals surface area contributed by atoms with Gasteiger partial charge in [-0.1, -0.05) is 17.3 Å². The molecule has 4 N–H and O–H groups in total. The minimum atomic E-state index is 0.247. The van der Waals surface area contributed by atoms with Gasteiger partial charge in [-0.15, -0.1) is 0 Å². The largest absolute Gasteiger partial charge is 0.408 e. The number of piperidine rings is 1. The molecule has 3 atom stereocenters. The molecule has 5 nitrogen and oxygen atoms in total. The Morgan fingerprint density at radius 1 is 1.52 bits per heavy atom. The van der Waals surface area contributed by atoms with Crippen LogP contribution in [0.2, 0.25) is 0 Å². The summed E-state index contributed by atoms with van der Waals surface area (Å²) in [5.41, 5.74) is 9.99. The summed E-state index contributed by atoms with van der Waals surface area (Å²) in [6.07, 6.45) is 6.38. The van der Waals surface area contributed by atoms with Crippen LogP contribution in [0.3, 0.4) is 0 Å². The minimum Gasteiger partial charge on any atom is -0.408 e. The van der Waals surface area contributed by atoms with Crippen molar-refractivity contribution in [2.24, 2.45) is 16.8 Å². The lowest BCUT2D eigenvalue weighted by molar-refractivity contribution is 0.156. The molecule has 2 aliphatic rings. The molecule has 0 amide bonds. The SMILES string of the molecule is CSC[C@@H]1C[C@@H]2c3cccc4[nH]cc(c34)C[C@H]2N(/C(N)=N/O)C1. The fourth-order valence-corrected chi connectivity index (χ4v) is 5.18. The van der Waals surface area contributed by atoms with Crippen molar-refractivity contribution in [1.82, 2.24) is 9.88 Å². The predicted molar refractivity (Wildman–Crippen MR) is 95.1 cm³/mol. The van der Waals surface area contributed by atoms with Gasteiger partial charge in [0.1, 0.15) is 0 Å². The summed E-state index contributed by atoms with van der Waals surface area (Å²) >= 11 is 1.87. The monoisotopic (exact) mass is 330 g/mol. The molecule has 0 unspecified atom stereocenters. The van der Waals surface area contributed by atoms with E-state index in [0.29, 0.717) is 11.8 Å². The average molecular weight is 330 g/mol. The van der Waals surface area contributed by atoms with Crippen LogP contribution >= 0.6 is 11.8 Å². The van der Waals surface area contributed by atoms with Gasteiger partial charge in [0.2, 0.25) is 5.96 Å². The zero-order chi connectivity index (χ0) is 16.0. The van der Waals surface area contributed by atoms with Crippen LogP contribution in [0.15, 0.2) is 29.6 Å².